The minimum atomic E-state index is -1.22. The van der Waals surface area contributed by atoms with Crippen molar-refractivity contribution in [2.24, 2.45) is 0 Å². The number of anilines is 1. The monoisotopic (exact) mass is 606 g/mol. The van der Waals surface area contributed by atoms with Gasteiger partial charge in [-0.25, -0.2) is 13.6 Å². The molecule has 3 aliphatic heterocycles. The molecule has 3 aliphatic rings. The predicted octanol–water partition coefficient (Wildman–Crippen LogP) is 3.85. The molecule has 1 amide bonds. The van der Waals surface area contributed by atoms with Crippen molar-refractivity contribution < 1.29 is 33.6 Å². The number of phenolic OH excluding ortho intramolecular Hbond substituents is 1. The van der Waals surface area contributed by atoms with Gasteiger partial charge in [-0.3, -0.25) is 9.88 Å². The number of aliphatic hydroxyl groups is 1. The summed E-state index contributed by atoms with van der Waals surface area (Å²) in [6, 6.07) is 9.57. The summed E-state index contributed by atoms with van der Waals surface area (Å²) >= 11 is 0. The third-order valence-electron chi connectivity index (χ3n) is 9.03. The van der Waals surface area contributed by atoms with Crippen LogP contribution in [-0.2, 0) is 0 Å². The highest BCUT2D eigenvalue weighted by Gasteiger charge is 2.49. The normalized spacial score (nSPS) is 25.4. The van der Waals surface area contributed by atoms with E-state index < -0.39 is 35.8 Å². The Bertz CT molecular complexity index is 1760. The Hall–Kier alpha value is -4.36. The second-order valence-electron chi connectivity index (χ2n) is 12.0. The average molecular weight is 607 g/mol. The van der Waals surface area contributed by atoms with Crippen LogP contribution in [-0.4, -0.2) is 97.9 Å². The van der Waals surface area contributed by atoms with Crippen LogP contribution in [0.3, 0.4) is 0 Å². The van der Waals surface area contributed by atoms with Crippen LogP contribution < -0.4 is 15.0 Å². The lowest BCUT2D eigenvalue weighted by atomic mass is 9.95. The number of nitrogens with zero attached hydrogens (tertiary/aromatic N) is 5. The second-order valence-corrected chi connectivity index (χ2v) is 12.0. The van der Waals surface area contributed by atoms with Crippen LogP contribution in [0.2, 0.25) is 0 Å². The fourth-order valence-electron chi connectivity index (χ4n) is 7.18. The van der Waals surface area contributed by atoms with E-state index in [4.69, 9.17) is 4.74 Å². The topological polar surface area (TPSA) is 144 Å². The van der Waals surface area contributed by atoms with Gasteiger partial charge in [0.2, 0.25) is 0 Å². The fraction of sp³-hybridized carbons (Fsp3) is 0.419. The molecule has 3 fully saturated rings. The predicted molar refractivity (Wildman–Crippen MR) is 158 cm³/mol. The van der Waals surface area contributed by atoms with Gasteiger partial charge in [0.15, 0.2) is 5.82 Å². The Morgan fingerprint density at radius 2 is 2.00 bits per heavy atom. The number of hydrogen-bond donors (Lipinski definition) is 4. The molecule has 2 aromatic heterocycles. The first-order valence-electron chi connectivity index (χ1n) is 14.7. The summed E-state index contributed by atoms with van der Waals surface area (Å²) < 4.78 is 37.1. The molecule has 0 unspecified atom stereocenters. The number of rotatable bonds is 6. The molecule has 11 nitrogen and oxygen atoms in total. The molecule has 0 radical (unpaired) electrons. The third kappa shape index (κ3) is 5.09. The Labute approximate surface area is 251 Å². The number of nitrogens with one attached hydrogen (secondary N) is 1. The molecule has 4 atom stereocenters. The second kappa shape index (κ2) is 11.0. The lowest BCUT2D eigenvalue weighted by Gasteiger charge is -2.36. The Morgan fingerprint density at radius 1 is 1.16 bits per heavy atom. The molecule has 0 bridgehead atoms. The van der Waals surface area contributed by atoms with E-state index in [0.29, 0.717) is 29.3 Å². The van der Waals surface area contributed by atoms with Crippen LogP contribution in [0.25, 0.3) is 32.9 Å². The summed E-state index contributed by atoms with van der Waals surface area (Å²) in [7, 11) is 0. The van der Waals surface area contributed by atoms with Crippen molar-refractivity contribution in [3.63, 3.8) is 0 Å². The molecule has 44 heavy (non-hydrogen) atoms. The van der Waals surface area contributed by atoms with Gasteiger partial charge in [0.25, 0.3) is 0 Å². The number of piperidine rings is 1. The number of amides is 1. The zero-order chi connectivity index (χ0) is 30.6. The molecular formula is C31H32F2N6O5. The molecule has 3 saturated heterocycles. The molecule has 5 heterocycles. The summed E-state index contributed by atoms with van der Waals surface area (Å²) in [5.41, 5.74) is -0.220. The van der Waals surface area contributed by atoms with Crippen molar-refractivity contribution in [2.75, 3.05) is 37.7 Å². The molecule has 2 aromatic carbocycles. The van der Waals surface area contributed by atoms with Gasteiger partial charge in [-0.2, -0.15) is 9.97 Å². The van der Waals surface area contributed by atoms with Gasteiger partial charge in [-0.1, -0.05) is 24.3 Å². The maximum Gasteiger partial charge on any atom is 0.404 e. The first-order chi connectivity index (χ1) is 21.2. The number of alkyl halides is 1. The Balaban J connectivity index is 1.34. The van der Waals surface area contributed by atoms with E-state index in [-0.39, 0.29) is 60.3 Å². The number of aromatic nitrogens is 3. The Morgan fingerprint density at radius 3 is 2.84 bits per heavy atom. The number of phenols is 1. The molecule has 7 rings (SSSR count). The number of carboxylic acid groups (broad SMARTS) is 1. The summed E-state index contributed by atoms with van der Waals surface area (Å²) in [5.74, 6) is -0.570. The Kier molecular flexibility index (Phi) is 7.08. The van der Waals surface area contributed by atoms with Crippen LogP contribution in [0, 0.1) is 5.82 Å². The van der Waals surface area contributed by atoms with Crippen LogP contribution in [0.4, 0.5) is 19.4 Å². The molecule has 230 valence electrons. The molecule has 4 aromatic rings. The van der Waals surface area contributed by atoms with Crippen LogP contribution >= 0.6 is 0 Å². The number of aromatic hydroxyl groups is 1. The smallest absolute Gasteiger partial charge is 0.404 e. The van der Waals surface area contributed by atoms with E-state index in [2.05, 4.69) is 25.2 Å². The van der Waals surface area contributed by atoms with Gasteiger partial charge in [-0.05, 0) is 48.7 Å². The van der Waals surface area contributed by atoms with Gasteiger partial charge in [-0.15, -0.1) is 0 Å². The van der Waals surface area contributed by atoms with Crippen LogP contribution in [0.15, 0.2) is 42.6 Å². The highest BCUT2D eigenvalue weighted by Crippen LogP contribution is 2.41. The van der Waals surface area contributed by atoms with Crippen molar-refractivity contribution in [2.45, 2.75) is 49.5 Å². The van der Waals surface area contributed by atoms with E-state index >= 15 is 4.39 Å². The number of benzene rings is 2. The summed E-state index contributed by atoms with van der Waals surface area (Å²) in [6.45, 7) is 1.53. The molecule has 0 aliphatic carbocycles. The van der Waals surface area contributed by atoms with Crippen molar-refractivity contribution in [3.05, 3.63) is 48.4 Å². The van der Waals surface area contributed by atoms with E-state index in [9.17, 15) is 24.5 Å². The highest BCUT2D eigenvalue weighted by atomic mass is 19.1. The van der Waals surface area contributed by atoms with Crippen molar-refractivity contribution in [3.8, 4) is 23.0 Å². The van der Waals surface area contributed by atoms with Crippen molar-refractivity contribution in [1.29, 1.82) is 0 Å². The zero-order valence-electron chi connectivity index (χ0n) is 23.8. The van der Waals surface area contributed by atoms with Gasteiger partial charge in [0, 0.05) is 37.8 Å². The summed E-state index contributed by atoms with van der Waals surface area (Å²) in [6.07, 6.45) is 0.613. The number of pyridine rings is 1. The first-order valence-corrected chi connectivity index (χ1v) is 14.7. The molecular weight excluding hydrogens is 574 g/mol. The maximum absolute atomic E-state index is 16.6. The first kappa shape index (κ1) is 28.4. The van der Waals surface area contributed by atoms with E-state index in [1.807, 2.05) is 24.3 Å². The highest BCUT2D eigenvalue weighted by molar-refractivity contribution is 5.99. The average Bonchev–Trinajstić information content (AvgIpc) is 3.50. The van der Waals surface area contributed by atoms with E-state index in [1.54, 1.807) is 11.0 Å². The molecule has 13 heteroatoms. The number of carbonyl (C=O) groups is 1. The standard InChI is InChI=1S/C31H32F2N6O5/c32-18-11-31(6-3-7-39(31)13-18)16-44-29-36-27-24(28(37-29)38-14-19(35-30(42)43)9-21(41)15-38)12-34-26(25(27)33)23-10-20(40)8-17-4-1-2-5-22(17)23/h1-2,4-5,8,10,12,18-19,21,35,40-41H,3,6-7,9,11,13-16H2,(H,42,43)/t18-,19+,21+,31+/m1/s1. The largest absolute Gasteiger partial charge is 0.508 e. The fourth-order valence-corrected chi connectivity index (χ4v) is 7.18. The summed E-state index contributed by atoms with van der Waals surface area (Å²) in [4.78, 5) is 28.7. The zero-order valence-corrected chi connectivity index (χ0v) is 23.8. The molecule has 0 saturated carbocycles. The third-order valence-corrected chi connectivity index (χ3v) is 9.03. The minimum Gasteiger partial charge on any atom is -0.508 e. The van der Waals surface area contributed by atoms with E-state index in [1.165, 1.54) is 12.3 Å². The quantitative estimate of drug-likeness (QED) is 0.256. The van der Waals surface area contributed by atoms with Gasteiger partial charge in [0.05, 0.1) is 23.1 Å². The minimum absolute atomic E-state index is 0.0269. The van der Waals surface area contributed by atoms with Gasteiger partial charge >= 0.3 is 12.1 Å². The number of fused-ring (bicyclic) bond motifs is 3. The number of halogens is 2. The van der Waals surface area contributed by atoms with Crippen molar-refractivity contribution >= 4 is 33.6 Å². The van der Waals surface area contributed by atoms with Gasteiger partial charge < -0.3 is 30.3 Å². The lowest BCUT2D eigenvalue weighted by Crippen LogP contribution is -2.52. The van der Waals surface area contributed by atoms with E-state index in [0.717, 1.165) is 19.4 Å². The number of β-amino-alcohol motifs (C(OH)–C–C–N with tert-alkyl or cyclic N) is 1. The SMILES string of the molecule is O=C(O)N[C@H]1C[C@H](O)CN(c2nc(OC[C@@]34CCCN3C[C@H](F)C4)nc3c(F)c(-c4cc(O)cc5ccccc45)ncc23)C1. The van der Waals surface area contributed by atoms with Crippen LogP contribution in [0.5, 0.6) is 11.8 Å². The summed E-state index contributed by atoms with van der Waals surface area (Å²) in [5, 5.41) is 34.4. The number of hydrogen-bond acceptors (Lipinski definition) is 9. The maximum atomic E-state index is 16.6. The van der Waals surface area contributed by atoms with Gasteiger partial charge in [0.1, 0.15) is 35.6 Å². The lowest BCUT2D eigenvalue weighted by molar-refractivity contribution is 0.107. The number of aliphatic hydroxyl groups excluding tert-OH is 1. The van der Waals surface area contributed by atoms with Crippen molar-refractivity contribution in [1.82, 2.24) is 25.2 Å². The molecule has 0 spiro atoms. The number of ether oxygens (including phenoxy) is 1. The van der Waals surface area contributed by atoms with Crippen LogP contribution in [0.1, 0.15) is 25.7 Å². The molecule has 4 N–H and O–H groups in total.